The smallest absolute Gasteiger partial charge is 0.254 e. The van der Waals surface area contributed by atoms with E-state index in [9.17, 15) is 4.79 Å². The minimum atomic E-state index is 0.178. The summed E-state index contributed by atoms with van der Waals surface area (Å²) in [6, 6.07) is 8.42. The number of nitrogens with one attached hydrogen (secondary N) is 1. The van der Waals surface area contributed by atoms with Gasteiger partial charge >= 0.3 is 0 Å². The summed E-state index contributed by atoms with van der Waals surface area (Å²) in [6.45, 7) is 4.08. The van der Waals surface area contributed by atoms with Crippen molar-refractivity contribution in [2.45, 2.75) is 38.1 Å². The molecular weight excluding hydrogens is 324 g/mol. The Balaban J connectivity index is 1.21. The Labute approximate surface area is 156 Å². The SMILES string of the molecule is COc1ccc(C(=O)N2CC[NH+](C3C4CC5CC(C4)CC3C5)CC2)cc1. The van der Waals surface area contributed by atoms with Crippen LogP contribution in [0.25, 0.3) is 0 Å². The number of hydrogen-bond donors (Lipinski definition) is 1. The Hall–Kier alpha value is -1.55. The van der Waals surface area contributed by atoms with E-state index in [0.29, 0.717) is 0 Å². The lowest BCUT2D eigenvalue weighted by Gasteiger charge is -2.56. The van der Waals surface area contributed by atoms with E-state index in [1.807, 2.05) is 24.3 Å². The lowest BCUT2D eigenvalue weighted by molar-refractivity contribution is -0.939. The minimum absolute atomic E-state index is 0.178. The Morgan fingerprint density at radius 2 is 1.54 bits per heavy atom. The van der Waals surface area contributed by atoms with E-state index in [4.69, 9.17) is 4.74 Å². The molecule has 4 aliphatic carbocycles. The van der Waals surface area contributed by atoms with Gasteiger partial charge < -0.3 is 14.5 Å². The molecule has 26 heavy (non-hydrogen) atoms. The molecule has 1 aromatic carbocycles. The molecule has 5 aliphatic rings. The molecule has 1 N–H and O–H groups in total. The molecule has 4 saturated carbocycles. The highest BCUT2D eigenvalue weighted by atomic mass is 16.5. The lowest BCUT2D eigenvalue weighted by atomic mass is 9.54. The predicted octanol–water partition coefficient (Wildman–Crippen LogP) is 1.86. The van der Waals surface area contributed by atoms with Gasteiger partial charge in [-0.05, 0) is 68.2 Å². The van der Waals surface area contributed by atoms with E-state index in [1.54, 1.807) is 12.0 Å². The van der Waals surface area contributed by atoms with Crippen molar-refractivity contribution in [3.05, 3.63) is 29.8 Å². The molecule has 4 heteroatoms. The highest BCUT2D eigenvalue weighted by molar-refractivity contribution is 5.94. The average Bonchev–Trinajstić information content (AvgIpc) is 2.67. The third-order valence-electron chi connectivity index (χ3n) is 7.73. The monoisotopic (exact) mass is 355 g/mol. The van der Waals surface area contributed by atoms with Crippen LogP contribution in [0.3, 0.4) is 0 Å². The predicted molar refractivity (Wildman–Crippen MR) is 100 cm³/mol. The third kappa shape index (κ3) is 2.83. The van der Waals surface area contributed by atoms with Gasteiger partial charge in [-0.3, -0.25) is 4.79 Å². The summed E-state index contributed by atoms with van der Waals surface area (Å²) in [4.78, 5) is 16.7. The van der Waals surface area contributed by atoms with Crippen LogP contribution in [0.1, 0.15) is 42.5 Å². The van der Waals surface area contributed by atoms with Crippen molar-refractivity contribution in [1.82, 2.24) is 4.90 Å². The molecular formula is C22H31N2O2+. The van der Waals surface area contributed by atoms with Crippen molar-refractivity contribution >= 4 is 5.91 Å². The quantitative estimate of drug-likeness (QED) is 0.898. The number of rotatable bonds is 3. The fourth-order valence-corrected chi connectivity index (χ4v) is 6.84. The highest BCUT2D eigenvalue weighted by Crippen LogP contribution is 2.53. The average molecular weight is 356 g/mol. The number of carbonyl (C=O) groups excluding carboxylic acids is 1. The molecule has 1 aromatic rings. The molecule has 0 unspecified atom stereocenters. The lowest BCUT2D eigenvalue weighted by Crippen LogP contribution is -3.20. The Kier molecular flexibility index (Phi) is 4.19. The van der Waals surface area contributed by atoms with E-state index in [-0.39, 0.29) is 5.91 Å². The fraction of sp³-hybridized carbons (Fsp3) is 0.682. The maximum atomic E-state index is 12.8. The molecule has 1 heterocycles. The maximum Gasteiger partial charge on any atom is 0.254 e. The van der Waals surface area contributed by atoms with Crippen LogP contribution in [-0.2, 0) is 0 Å². The molecule has 140 valence electrons. The van der Waals surface area contributed by atoms with Crippen molar-refractivity contribution in [3.63, 3.8) is 0 Å². The van der Waals surface area contributed by atoms with Crippen LogP contribution in [-0.4, -0.2) is 50.1 Å². The topological polar surface area (TPSA) is 34.0 Å². The normalized spacial score (nSPS) is 36.3. The fourth-order valence-electron chi connectivity index (χ4n) is 6.84. The maximum absolute atomic E-state index is 12.8. The van der Waals surface area contributed by atoms with E-state index in [1.165, 1.54) is 32.1 Å². The minimum Gasteiger partial charge on any atom is -0.497 e. The van der Waals surface area contributed by atoms with Crippen molar-refractivity contribution in [2.24, 2.45) is 23.7 Å². The number of benzene rings is 1. The summed E-state index contributed by atoms with van der Waals surface area (Å²) in [7, 11) is 1.66. The first kappa shape index (κ1) is 16.6. The van der Waals surface area contributed by atoms with Crippen LogP contribution in [0.15, 0.2) is 24.3 Å². The summed E-state index contributed by atoms with van der Waals surface area (Å²) in [5, 5.41) is 0. The summed E-state index contributed by atoms with van der Waals surface area (Å²) in [5.41, 5.74) is 0.781. The second kappa shape index (κ2) is 6.56. The van der Waals surface area contributed by atoms with Crippen LogP contribution >= 0.6 is 0 Å². The first-order valence-corrected chi connectivity index (χ1v) is 10.5. The number of nitrogens with zero attached hydrogens (tertiary/aromatic N) is 1. The van der Waals surface area contributed by atoms with Crippen LogP contribution in [0.2, 0.25) is 0 Å². The largest absolute Gasteiger partial charge is 0.497 e. The van der Waals surface area contributed by atoms with Gasteiger partial charge in [-0.1, -0.05) is 0 Å². The van der Waals surface area contributed by atoms with Gasteiger partial charge in [-0.2, -0.15) is 0 Å². The third-order valence-corrected chi connectivity index (χ3v) is 7.73. The number of carbonyl (C=O) groups is 1. The van der Waals surface area contributed by atoms with Gasteiger partial charge in [0, 0.05) is 17.4 Å². The van der Waals surface area contributed by atoms with Crippen molar-refractivity contribution in [2.75, 3.05) is 33.3 Å². The van der Waals surface area contributed by atoms with Crippen molar-refractivity contribution in [1.29, 1.82) is 0 Å². The van der Waals surface area contributed by atoms with Gasteiger partial charge in [0.15, 0.2) is 0 Å². The summed E-state index contributed by atoms with van der Waals surface area (Å²) in [6.07, 6.45) is 7.51. The molecule has 0 atom stereocenters. The first-order chi connectivity index (χ1) is 12.7. The van der Waals surface area contributed by atoms with E-state index in [0.717, 1.165) is 67.2 Å². The number of quaternary nitrogens is 1. The molecule has 1 amide bonds. The van der Waals surface area contributed by atoms with E-state index < -0.39 is 0 Å². The Bertz CT molecular complexity index is 635. The molecule has 6 rings (SSSR count). The van der Waals surface area contributed by atoms with Crippen LogP contribution < -0.4 is 9.64 Å². The van der Waals surface area contributed by atoms with Crippen molar-refractivity contribution in [3.8, 4) is 5.75 Å². The van der Waals surface area contributed by atoms with E-state index in [2.05, 4.69) is 4.90 Å². The summed E-state index contributed by atoms with van der Waals surface area (Å²) >= 11 is 0. The van der Waals surface area contributed by atoms with E-state index >= 15 is 0 Å². The number of methoxy groups -OCH3 is 1. The van der Waals surface area contributed by atoms with Crippen molar-refractivity contribution < 1.29 is 14.4 Å². The van der Waals surface area contributed by atoms with Crippen LogP contribution in [0, 0.1) is 23.7 Å². The summed E-state index contributed by atoms with van der Waals surface area (Å²) in [5.74, 6) is 5.03. The standard InChI is InChI=1S/C22H30N2O2/c1-26-20-4-2-17(3-5-20)22(25)24-8-6-23(7-9-24)21-18-11-15-10-16(13-18)14-19(21)12-15/h2-5,15-16,18-19,21H,6-14H2,1H3/p+1. The van der Waals surface area contributed by atoms with Gasteiger partial charge in [-0.15, -0.1) is 0 Å². The molecule has 1 aliphatic heterocycles. The number of piperazine rings is 1. The highest BCUT2D eigenvalue weighted by Gasteiger charge is 2.52. The molecule has 4 bridgehead atoms. The number of hydrogen-bond acceptors (Lipinski definition) is 2. The molecule has 0 radical (unpaired) electrons. The van der Waals surface area contributed by atoms with Gasteiger partial charge in [-0.25, -0.2) is 0 Å². The zero-order valence-corrected chi connectivity index (χ0v) is 15.8. The first-order valence-electron chi connectivity index (χ1n) is 10.5. The molecule has 5 fully saturated rings. The Morgan fingerprint density at radius 1 is 0.962 bits per heavy atom. The van der Waals surface area contributed by atoms with Gasteiger partial charge in [0.05, 0.1) is 39.3 Å². The van der Waals surface area contributed by atoms with Gasteiger partial charge in [0.25, 0.3) is 5.91 Å². The van der Waals surface area contributed by atoms with Gasteiger partial charge in [0.2, 0.25) is 0 Å². The number of amides is 1. The Morgan fingerprint density at radius 3 is 2.08 bits per heavy atom. The zero-order chi connectivity index (χ0) is 17.7. The molecule has 4 nitrogen and oxygen atoms in total. The second-order valence-corrected chi connectivity index (χ2v) is 9.14. The van der Waals surface area contributed by atoms with Gasteiger partial charge in [0.1, 0.15) is 5.75 Å². The second-order valence-electron chi connectivity index (χ2n) is 9.14. The van der Waals surface area contributed by atoms with Crippen LogP contribution in [0.4, 0.5) is 0 Å². The molecule has 1 saturated heterocycles. The molecule has 0 spiro atoms. The zero-order valence-electron chi connectivity index (χ0n) is 15.8. The van der Waals surface area contributed by atoms with Crippen LogP contribution in [0.5, 0.6) is 5.75 Å². The number of ether oxygens (including phenoxy) is 1. The summed E-state index contributed by atoms with van der Waals surface area (Å²) < 4.78 is 5.19. The molecule has 0 aromatic heterocycles.